The van der Waals surface area contributed by atoms with Gasteiger partial charge in [0.2, 0.25) is 15.9 Å². The molecule has 1 amide bonds. The van der Waals surface area contributed by atoms with Crippen molar-refractivity contribution >= 4 is 27.6 Å². The lowest BCUT2D eigenvalue weighted by atomic mass is 10.1. The Morgan fingerprint density at radius 3 is 2.39 bits per heavy atom. The number of carbonyl (C=O) groups excluding carboxylic acids is 2. The van der Waals surface area contributed by atoms with E-state index in [4.69, 9.17) is 14.2 Å². The van der Waals surface area contributed by atoms with Crippen LogP contribution in [0.25, 0.3) is 0 Å². The minimum atomic E-state index is -4.16. The highest BCUT2D eigenvalue weighted by Crippen LogP contribution is 2.32. The largest absolute Gasteiger partial charge is 0.481 e. The summed E-state index contributed by atoms with van der Waals surface area (Å²) in [5.74, 6) is 5.12. The monoisotopic (exact) mass is 542 g/mol. The molecule has 1 aliphatic rings. The fourth-order valence-corrected chi connectivity index (χ4v) is 5.71. The molecule has 1 unspecified atom stereocenters. The first-order chi connectivity index (χ1) is 18.3. The topological polar surface area (TPSA) is 102 Å². The minimum absolute atomic E-state index is 0.00979. The molecule has 0 aromatic heterocycles. The van der Waals surface area contributed by atoms with E-state index in [0.717, 1.165) is 17.1 Å². The van der Waals surface area contributed by atoms with Gasteiger partial charge in [-0.2, -0.15) is 4.31 Å². The fourth-order valence-electron chi connectivity index (χ4n) is 4.16. The number of anilines is 1. The number of esters is 1. The fraction of sp³-hybridized carbons (Fsp3) is 0.429. The molecule has 2 aromatic carbocycles. The molecular formula is C28H34N2O7S. The Kier molecular flexibility index (Phi) is 10.7. The Bertz CT molecular complexity index is 1270. The number of nitrogens with zero attached hydrogens (tertiary/aromatic N) is 2. The van der Waals surface area contributed by atoms with Gasteiger partial charge in [0, 0.05) is 25.8 Å². The van der Waals surface area contributed by atoms with E-state index in [1.54, 1.807) is 31.4 Å². The number of hydrogen-bond donors (Lipinski definition) is 0. The number of methoxy groups -OCH3 is 2. The van der Waals surface area contributed by atoms with Crippen LogP contribution >= 0.6 is 0 Å². The van der Waals surface area contributed by atoms with Crippen LogP contribution in [0.15, 0.2) is 53.4 Å². The van der Waals surface area contributed by atoms with Crippen LogP contribution in [0.1, 0.15) is 38.2 Å². The zero-order chi connectivity index (χ0) is 27.5. The lowest BCUT2D eigenvalue weighted by Crippen LogP contribution is -2.50. The number of benzene rings is 2. The average molecular weight is 543 g/mol. The van der Waals surface area contributed by atoms with Crippen molar-refractivity contribution in [1.29, 1.82) is 0 Å². The van der Waals surface area contributed by atoms with Crippen LogP contribution in [0.2, 0.25) is 0 Å². The molecule has 10 heteroatoms. The highest BCUT2D eigenvalue weighted by atomic mass is 32.2. The van der Waals surface area contributed by atoms with E-state index in [0.29, 0.717) is 36.4 Å². The van der Waals surface area contributed by atoms with Gasteiger partial charge in [-0.25, -0.2) is 8.42 Å². The summed E-state index contributed by atoms with van der Waals surface area (Å²) in [6.45, 7) is 2.24. The first kappa shape index (κ1) is 29.2. The molecule has 0 spiro atoms. The van der Waals surface area contributed by atoms with Crippen LogP contribution < -0.4 is 9.64 Å². The van der Waals surface area contributed by atoms with Gasteiger partial charge in [-0.3, -0.25) is 9.59 Å². The second kappa shape index (κ2) is 14.0. The molecule has 0 aliphatic carbocycles. The Morgan fingerprint density at radius 1 is 1.00 bits per heavy atom. The van der Waals surface area contributed by atoms with Crippen molar-refractivity contribution in [2.45, 2.75) is 50.1 Å². The lowest BCUT2D eigenvalue weighted by Gasteiger charge is -2.29. The normalized spacial score (nSPS) is 15.6. The van der Waals surface area contributed by atoms with E-state index in [9.17, 15) is 18.0 Å². The van der Waals surface area contributed by atoms with Crippen LogP contribution in [0, 0.1) is 11.8 Å². The van der Waals surface area contributed by atoms with Crippen molar-refractivity contribution in [2.24, 2.45) is 0 Å². The number of hydrogen-bond acceptors (Lipinski definition) is 7. The number of sulfonamides is 1. The van der Waals surface area contributed by atoms with Crippen LogP contribution in [0.5, 0.6) is 5.75 Å². The summed E-state index contributed by atoms with van der Waals surface area (Å²) < 4.78 is 44.2. The van der Waals surface area contributed by atoms with Gasteiger partial charge in [-0.1, -0.05) is 49.8 Å². The van der Waals surface area contributed by atoms with Gasteiger partial charge in [-0.05, 0) is 42.3 Å². The maximum Gasteiger partial charge on any atom is 0.326 e. The molecule has 0 fully saturated rings. The summed E-state index contributed by atoms with van der Waals surface area (Å²) in [5.41, 5.74) is 1.22. The van der Waals surface area contributed by atoms with E-state index in [-0.39, 0.29) is 30.5 Å². The van der Waals surface area contributed by atoms with Gasteiger partial charge < -0.3 is 19.1 Å². The van der Waals surface area contributed by atoms with Crippen molar-refractivity contribution in [3.8, 4) is 17.6 Å². The third-order valence-electron chi connectivity index (χ3n) is 6.16. The third kappa shape index (κ3) is 7.13. The molecule has 0 bridgehead atoms. The minimum Gasteiger partial charge on any atom is -0.481 e. The predicted octanol–water partition coefficient (Wildman–Crippen LogP) is 3.37. The first-order valence-electron chi connectivity index (χ1n) is 12.5. The molecule has 3 rings (SSSR count). The Labute approximate surface area is 224 Å². The highest BCUT2D eigenvalue weighted by Gasteiger charge is 2.42. The highest BCUT2D eigenvalue weighted by molar-refractivity contribution is 7.89. The molecular weight excluding hydrogens is 508 g/mol. The van der Waals surface area contributed by atoms with Crippen molar-refractivity contribution in [3.63, 3.8) is 0 Å². The molecule has 38 heavy (non-hydrogen) atoms. The second-order valence-electron chi connectivity index (χ2n) is 8.73. The molecule has 0 saturated carbocycles. The number of ether oxygens (including phenoxy) is 3. The number of fused-ring (bicyclic) bond motifs is 1. The second-order valence-corrected chi connectivity index (χ2v) is 10.6. The van der Waals surface area contributed by atoms with Crippen LogP contribution in [0.4, 0.5) is 5.69 Å². The Balaban J connectivity index is 1.93. The summed E-state index contributed by atoms with van der Waals surface area (Å²) >= 11 is 0. The van der Waals surface area contributed by atoms with Gasteiger partial charge in [-0.15, -0.1) is 0 Å². The van der Waals surface area contributed by atoms with Crippen LogP contribution in [0.3, 0.4) is 0 Å². The van der Waals surface area contributed by atoms with Crippen molar-refractivity contribution in [3.05, 3.63) is 54.1 Å². The molecule has 0 saturated heterocycles. The smallest absolute Gasteiger partial charge is 0.326 e. The molecule has 1 aliphatic heterocycles. The van der Waals surface area contributed by atoms with E-state index >= 15 is 0 Å². The van der Waals surface area contributed by atoms with Gasteiger partial charge >= 0.3 is 5.97 Å². The zero-order valence-electron chi connectivity index (χ0n) is 22.0. The summed E-state index contributed by atoms with van der Waals surface area (Å²) in [4.78, 5) is 27.7. The van der Waals surface area contributed by atoms with Gasteiger partial charge in [0.05, 0.1) is 18.6 Å². The van der Waals surface area contributed by atoms with Gasteiger partial charge in [0.25, 0.3) is 0 Å². The molecule has 2 aromatic rings. The molecule has 1 heterocycles. The molecule has 9 nitrogen and oxygen atoms in total. The molecule has 0 radical (unpaired) electrons. The van der Waals surface area contributed by atoms with Crippen molar-refractivity contribution in [1.82, 2.24) is 4.31 Å². The lowest BCUT2D eigenvalue weighted by molar-refractivity contribution is -0.145. The standard InChI is InChI=1S/C28H34N2O7S/c1-4-5-6-13-27(31)29-21-26(28(32)36-3)30(20-22-11-7-8-12-25(22)29)38(33,34)24-16-14-23(15-17-24)37-19-10-9-18-35-2/h7-8,11-12,14-17,26H,4-6,13,18-21H2,1-3H3. The Hall–Kier alpha value is -3.39. The number of unbranched alkanes of at least 4 members (excludes halogenated alkanes) is 2. The quantitative estimate of drug-likeness (QED) is 0.258. The van der Waals surface area contributed by atoms with Gasteiger partial charge in [0.1, 0.15) is 25.0 Å². The SMILES string of the molecule is CCCCCC(=O)N1CC(C(=O)OC)N(S(=O)(=O)c2ccc(OCC#CCOC)cc2)Cc2ccccc21. The summed E-state index contributed by atoms with van der Waals surface area (Å²) in [5, 5.41) is 0. The zero-order valence-corrected chi connectivity index (χ0v) is 22.8. The predicted molar refractivity (Wildman–Crippen MR) is 143 cm³/mol. The summed E-state index contributed by atoms with van der Waals surface area (Å²) in [6, 6.07) is 11.8. The van der Waals surface area contributed by atoms with Crippen molar-refractivity contribution in [2.75, 3.05) is 38.9 Å². The maximum absolute atomic E-state index is 13.8. The van der Waals surface area contributed by atoms with Crippen LogP contribution in [-0.4, -0.2) is 64.6 Å². The third-order valence-corrected chi connectivity index (χ3v) is 8.03. The Morgan fingerprint density at radius 2 is 1.71 bits per heavy atom. The number of amides is 1. The molecule has 0 N–H and O–H groups in total. The number of para-hydroxylation sites is 1. The summed E-state index contributed by atoms with van der Waals surface area (Å²) in [7, 11) is -1.40. The first-order valence-corrected chi connectivity index (χ1v) is 13.9. The number of carbonyl (C=O) groups is 2. The van der Waals surface area contributed by atoms with Gasteiger partial charge in [0.15, 0.2) is 0 Å². The van der Waals surface area contributed by atoms with E-state index < -0.39 is 22.0 Å². The molecule has 1 atom stereocenters. The van der Waals surface area contributed by atoms with E-state index in [2.05, 4.69) is 18.8 Å². The van der Waals surface area contributed by atoms with E-state index in [1.165, 1.54) is 36.3 Å². The van der Waals surface area contributed by atoms with E-state index in [1.807, 2.05) is 0 Å². The number of rotatable bonds is 10. The summed E-state index contributed by atoms with van der Waals surface area (Å²) in [6.07, 6.45) is 2.89. The maximum atomic E-state index is 13.8. The van der Waals surface area contributed by atoms with Crippen LogP contribution in [-0.2, 0) is 35.6 Å². The van der Waals surface area contributed by atoms with Crippen molar-refractivity contribution < 1.29 is 32.2 Å². The average Bonchev–Trinajstić information content (AvgIpc) is 3.11. The molecule has 204 valence electrons.